The van der Waals surface area contributed by atoms with Gasteiger partial charge in [0.25, 0.3) is 16.0 Å². The largest absolute Gasteiger partial charge is 0.358 e. The highest BCUT2D eigenvalue weighted by molar-refractivity contribution is 7.86. The van der Waals surface area contributed by atoms with Crippen LogP contribution in [-0.4, -0.2) is 39.9 Å². The molecule has 0 unspecified atom stereocenters. The molecule has 1 heterocycles. The van der Waals surface area contributed by atoms with Gasteiger partial charge in [0.1, 0.15) is 17.6 Å². The lowest BCUT2D eigenvalue weighted by atomic mass is 10.2. The average molecular weight is 354 g/mol. The van der Waals surface area contributed by atoms with E-state index in [1.165, 1.54) is 22.8 Å². The second-order valence-electron chi connectivity index (χ2n) is 4.80. The Kier molecular flexibility index (Phi) is 4.95. The van der Waals surface area contributed by atoms with E-state index in [-0.39, 0.29) is 24.5 Å². The second kappa shape index (κ2) is 6.76. The van der Waals surface area contributed by atoms with Gasteiger partial charge in [0.2, 0.25) is 0 Å². The van der Waals surface area contributed by atoms with Gasteiger partial charge in [0.15, 0.2) is 5.82 Å². The molecule has 2 N–H and O–H groups in total. The van der Waals surface area contributed by atoms with Crippen LogP contribution in [0, 0.1) is 17.0 Å². The minimum absolute atomic E-state index is 0.0106. The Morgan fingerprint density at radius 1 is 1.42 bits per heavy atom. The SMILES string of the molecule is Cc1ncc([N+](=O)[O-])n1CCNC(=O)c1ccccc1S(=O)(=O)O. The summed E-state index contributed by atoms with van der Waals surface area (Å²) in [5, 5.41) is 13.3. The molecule has 0 saturated heterocycles. The predicted molar refractivity (Wildman–Crippen MR) is 82.2 cm³/mol. The van der Waals surface area contributed by atoms with E-state index < -0.39 is 25.8 Å². The first-order valence-electron chi connectivity index (χ1n) is 6.73. The van der Waals surface area contributed by atoms with Crippen LogP contribution in [0.1, 0.15) is 16.2 Å². The van der Waals surface area contributed by atoms with E-state index in [0.29, 0.717) is 5.82 Å². The summed E-state index contributed by atoms with van der Waals surface area (Å²) in [4.78, 5) is 25.7. The molecule has 0 fully saturated rings. The van der Waals surface area contributed by atoms with E-state index in [9.17, 15) is 23.3 Å². The van der Waals surface area contributed by atoms with Gasteiger partial charge in [-0.2, -0.15) is 8.42 Å². The Balaban J connectivity index is 2.11. The Labute approximate surface area is 137 Å². The van der Waals surface area contributed by atoms with E-state index in [1.54, 1.807) is 6.92 Å². The third-order valence-corrected chi connectivity index (χ3v) is 4.16. The molecule has 1 aromatic heterocycles. The molecular weight excluding hydrogens is 340 g/mol. The van der Waals surface area contributed by atoms with Crippen LogP contribution >= 0.6 is 0 Å². The van der Waals surface area contributed by atoms with Crippen molar-refractivity contribution in [2.75, 3.05) is 6.54 Å². The van der Waals surface area contributed by atoms with E-state index in [1.807, 2.05) is 0 Å². The van der Waals surface area contributed by atoms with Gasteiger partial charge in [-0.15, -0.1) is 0 Å². The summed E-state index contributed by atoms with van der Waals surface area (Å²) in [6.45, 7) is 1.68. The molecule has 10 nitrogen and oxygen atoms in total. The summed E-state index contributed by atoms with van der Waals surface area (Å²) in [5.41, 5.74) is -0.211. The molecule has 0 aliphatic carbocycles. The maximum Gasteiger partial charge on any atom is 0.342 e. The second-order valence-corrected chi connectivity index (χ2v) is 6.19. The third-order valence-electron chi connectivity index (χ3n) is 3.25. The fourth-order valence-electron chi connectivity index (χ4n) is 2.13. The monoisotopic (exact) mass is 354 g/mol. The number of hydrogen-bond donors (Lipinski definition) is 2. The first kappa shape index (κ1) is 17.6. The molecule has 0 aliphatic rings. The van der Waals surface area contributed by atoms with Gasteiger partial charge < -0.3 is 15.4 Å². The van der Waals surface area contributed by atoms with Crippen LogP contribution in [0.5, 0.6) is 0 Å². The molecule has 2 rings (SSSR count). The number of aromatic nitrogens is 2. The lowest BCUT2D eigenvalue weighted by molar-refractivity contribution is -0.392. The highest BCUT2D eigenvalue weighted by atomic mass is 32.2. The number of amides is 1. The Hall–Kier alpha value is -2.79. The quantitative estimate of drug-likeness (QED) is 0.443. The minimum atomic E-state index is -4.54. The van der Waals surface area contributed by atoms with Crippen molar-refractivity contribution >= 4 is 21.8 Å². The minimum Gasteiger partial charge on any atom is -0.358 e. The van der Waals surface area contributed by atoms with Crippen molar-refractivity contribution in [1.82, 2.24) is 14.9 Å². The van der Waals surface area contributed by atoms with Crippen molar-refractivity contribution in [1.29, 1.82) is 0 Å². The Morgan fingerprint density at radius 3 is 2.71 bits per heavy atom. The first-order chi connectivity index (χ1) is 11.2. The Bertz CT molecular complexity index is 890. The molecule has 0 atom stereocenters. The van der Waals surface area contributed by atoms with Gasteiger partial charge in [0.05, 0.1) is 12.1 Å². The molecule has 128 valence electrons. The number of benzene rings is 1. The van der Waals surface area contributed by atoms with Crippen LogP contribution in [0.2, 0.25) is 0 Å². The highest BCUT2D eigenvalue weighted by Crippen LogP contribution is 2.15. The molecule has 0 bridgehead atoms. The molecular formula is C13H14N4O6S. The normalized spacial score (nSPS) is 11.2. The lowest BCUT2D eigenvalue weighted by Crippen LogP contribution is -2.29. The van der Waals surface area contributed by atoms with Crippen LogP contribution in [0.3, 0.4) is 0 Å². The number of nitrogens with one attached hydrogen (secondary N) is 1. The maximum atomic E-state index is 12.1. The number of nitrogens with zero attached hydrogens (tertiary/aromatic N) is 3. The van der Waals surface area contributed by atoms with Crippen LogP contribution in [0.4, 0.5) is 5.82 Å². The van der Waals surface area contributed by atoms with Crippen molar-refractivity contribution in [2.24, 2.45) is 0 Å². The Morgan fingerprint density at radius 2 is 2.08 bits per heavy atom. The van der Waals surface area contributed by atoms with Gasteiger partial charge >= 0.3 is 5.82 Å². The summed E-state index contributed by atoms with van der Waals surface area (Å²) in [5.74, 6) is -0.516. The summed E-state index contributed by atoms with van der Waals surface area (Å²) in [6.07, 6.45) is 1.12. The number of carbonyl (C=O) groups excluding carboxylic acids is 1. The zero-order chi connectivity index (χ0) is 17.9. The van der Waals surface area contributed by atoms with Crippen LogP contribution < -0.4 is 5.32 Å². The molecule has 0 saturated carbocycles. The maximum absolute atomic E-state index is 12.1. The highest BCUT2D eigenvalue weighted by Gasteiger charge is 2.21. The van der Waals surface area contributed by atoms with Crippen molar-refractivity contribution in [3.05, 3.63) is 52.0 Å². The van der Waals surface area contributed by atoms with Gasteiger partial charge in [-0.05, 0) is 17.1 Å². The average Bonchev–Trinajstić information content (AvgIpc) is 2.88. The standard InChI is InChI=1S/C13H14N4O6S/c1-9-15-8-12(17(19)20)16(9)7-6-14-13(18)10-4-2-3-5-11(10)24(21,22)23/h2-5,8H,6-7H2,1H3,(H,14,18)(H,21,22,23). The molecule has 0 spiro atoms. The van der Waals surface area contributed by atoms with Crippen LogP contribution in [0.25, 0.3) is 0 Å². The van der Waals surface area contributed by atoms with Gasteiger partial charge in [-0.1, -0.05) is 12.1 Å². The predicted octanol–water partition coefficient (Wildman–Crippen LogP) is 0.776. The lowest BCUT2D eigenvalue weighted by Gasteiger charge is -2.08. The first-order valence-corrected chi connectivity index (χ1v) is 8.17. The fraction of sp³-hybridized carbons (Fsp3) is 0.231. The van der Waals surface area contributed by atoms with Gasteiger partial charge in [-0.25, -0.2) is 9.55 Å². The smallest absolute Gasteiger partial charge is 0.342 e. The molecule has 1 amide bonds. The summed E-state index contributed by atoms with van der Waals surface area (Å²) >= 11 is 0. The number of carbonyl (C=O) groups is 1. The van der Waals surface area contributed by atoms with Crippen molar-refractivity contribution < 1.29 is 22.7 Å². The summed E-state index contributed by atoms with van der Waals surface area (Å²) in [7, 11) is -4.54. The summed E-state index contributed by atoms with van der Waals surface area (Å²) in [6, 6.07) is 5.19. The number of aryl methyl sites for hydroxylation is 1. The van der Waals surface area contributed by atoms with Gasteiger partial charge in [-0.3, -0.25) is 9.35 Å². The number of imidazole rings is 1. The molecule has 2 aromatic rings. The van der Waals surface area contributed by atoms with Crippen LogP contribution in [-0.2, 0) is 16.7 Å². The number of nitro groups is 1. The molecule has 0 radical (unpaired) electrons. The van der Waals surface area contributed by atoms with Gasteiger partial charge in [0, 0.05) is 6.92 Å². The number of rotatable bonds is 6. The van der Waals surface area contributed by atoms with Crippen molar-refractivity contribution in [2.45, 2.75) is 18.4 Å². The molecule has 1 aromatic carbocycles. The zero-order valence-corrected chi connectivity index (χ0v) is 13.4. The van der Waals surface area contributed by atoms with Crippen LogP contribution in [0.15, 0.2) is 35.4 Å². The van der Waals surface area contributed by atoms with E-state index >= 15 is 0 Å². The number of hydrogen-bond acceptors (Lipinski definition) is 6. The summed E-state index contributed by atoms with van der Waals surface area (Å²) < 4.78 is 33.0. The fourth-order valence-corrected chi connectivity index (χ4v) is 2.82. The van der Waals surface area contributed by atoms with E-state index in [4.69, 9.17) is 4.55 Å². The van der Waals surface area contributed by atoms with Crippen molar-refractivity contribution in [3.63, 3.8) is 0 Å². The van der Waals surface area contributed by atoms with E-state index in [2.05, 4.69) is 10.3 Å². The van der Waals surface area contributed by atoms with Crippen molar-refractivity contribution in [3.8, 4) is 0 Å². The van der Waals surface area contributed by atoms with E-state index in [0.717, 1.165) is 12.3 Å². The topological polar surface area (TPSA) is 144 Å². The zero-order valence-electron chi connectivity index (χ0n) is 12.5. The molecule has 24 heavy (non-hydrogen) atoms. The molecule has 0 aliphatic heterocycles. The third kappa shape index (κ3) is 3.75. The molecule has 11 heteroatoms.